The predicted octanol–water partition coefficient (Wildman–Crippen LogP) is 0.703. The Morgan fingerprint density at radius 1 is 1.36 bits per heavy atom. The quantitative estimate of drug-likeness (QED) is 0.742. The molecule has 0 saturated carbocycles. The smallest absolute Gasteiger partial charge is 0.119 e. The van der Waals surface area contributed by atoms with Gasteiger partial charge in [0.25, 0.3) is 0 Å². The average molecular weight is 193 g/mol. The van der Waals surface area contributed by atoms with Gasteiger partial charge in [0.2, 0.25) is 0 Å². The Labute approximate surface area is 83.7 Å². The van der Waals surface area contributed by atoms with Crippen LogP contribution in [0.25, 0.3) is 0 Å². The van der Waals surface area contributed by atoms with Gasteiger partial charge in [0.15, 0.2) is 0 Å². The van der Waals surface area contributed by atoms with E-state index < -0.39 is 0 Å². The number of benzene rings is 1. The maximum Gasteiger partial charge on any atom is 0.119 e. The van der Waals surface area contributed by atoms with E-state index >= 15 is 0 Å². The largest absolute Gasteiger partial charge is 0.491 e. The molecule has 0 fully saturated rings. The lowest BCUT2D eigenvalue weighted by Gasteiger charge is -2.17. The lowest BCUT2D eigenvalue weighted by Crippen LogP contribution is -2.23. The van der Waals surface area contributed by atoms with E-state index in [2.05, 4.69) is 17.4 Å². The van der Waals surface area contributed by atoms with Crippen LogP contribution in [0.15, 0.2) is 18.2 Å². The van der Waals surface area contributed by atoms with Crippen LogP contribution >= 0.6 is 0 Å². The summed E-state index contributed by atoms with van der Waals surface area (Å²) in [6, 6.07) is 6.14. The van der Waals surface area contributed by atoms with Crippen LogP contribution in [0, 0.1) is 0 Å². The summed E-state index contributed by atoms with van der Waals surface area (Å²) >= 11 is 0. The van der Waals surface area contributed by atoms with Crippen molar-refractivity contribution in [2.24, 2.45) is 0 Å². The molecule has 14 heavy (non-hydrogen) atoms. The fourth-order valence-electron chi connectivity index (χ4n) is 1.71. The Morgan fingerprint density at radius 3 is 3.14 bits per heavy atom. The Bertz CT molecular complexity index is 312. The lowest BCUT2D eigenvalue weighted by atomic mass is 10.0. The summed E-state index contributed by atoms with van der Waals surface area (Å²) in [5.74, 6) is 0.849. The zero-order valence-electron chi connectivity index (χ0n) is 8.12. The Kier molecular flexibility index (Phi) is 3.01. The molecule has 0 unspecified atom stereocenters. The predicted molar refractivity (Wildman–Crippen MR) is 54.4 cm³/mol. The third-order valence-corrected chi connectivity index (χ3v) is 2.42. The zero-order valence-corrected chi connectivity index (χ0v) is 8.12. The number of hydrogen-bond donors (Lipinski definition) is 2. The van der Waals surface area contributed by atoms with Crippen LogP contribution in [0.2, 0.25) is 0 Å². The third kappa shape index (κ3) is 2.05. The van der Waals surface area contributed by atoms with Crippen molar-refractivity contribution in [3.05, 3.63) is 29.3 Å². The monoisotopic (exact) mass is 193 g/mol. The van der Waals surface area contributed by atoms with Crippen LogP contribution in [0.5, 0.6) is 5.75 Å². The van der Waals surface area contributed by atoms with Crippen molar-refractivity contribution in [2.45, 2.75) is 13.0 Å². The topological polar surface area (TPSA) is 41.5 Å². The summed E-state index contributed by atoms with van der Waals surface area (Å²) in [4.78, 5) is 0. The van der Waals surface area contributed by atoms with E-state index in [1.807, 2.05) is 6.07 Å². The second-order valence-corrected chi connectivity index (χ2v) is 3.43. The van der Waals surface area contributed by atoms with Gasteiger partial charge >= 0.3 is 0 Å². The highest BCUT2D eigenvalue weighted by molar-refractivity contribution is 5.37. The van der Waals surface area contributed by atoms with E-state index in [4.69, 9.17) is 9.84 Å². The number of nitrogens with one attached hydrogen (secondary N) is 1. The fraction of sp³-hybridized carbons (Fsp3) is 0.455. The summed E-state index contributed by atoms with van der Waals surface area (Å²) in [6.07, 6.45) is 1.09. The number of hydrogen-bond acceptors (Lipinski definition) is 3. The minimum Gasteiger partial charge on any atom is -0.491 e. The normalized spacial score (nSPS) is 14.9. The number of ether oxygens (including phenoxy) is 1. The minimum absolute atomic E-state index is 0.0648. The summed E-state index contributed by atoms with van der Waals surface area (Å²) in [6.45, 7) is 2.41. The van der Waals surface area contributed by atoms with E-state index in [9.17, 15) is 0 Å². The lowest BCUT2D eigenvalue weighted by molar-refractivity contribution is 0.201. The van der Waals surface area contributed by atoms with Crippen LogP contribution in [0.3, 0.4) is 0 Å². The molecule has 0 atom stereocenters. The highest BCUT2D eigenvalue weighted by Gasteiger charge is 2.08. The molecule has 0 radical (unpaired) electrons. The number of rotatable bonds is 3. The first-order valence-corrected chi connectivity index (χ1v) is 4.96. The Hall–Kier alpha value is -1.06. The molecule has 1 heterocycles. The van der Waals surface area contributed by atoms with Crippen molar-refractivity contribution in [3.8, 4) is 5.75 Å². The first-order chi connectivity index (χ1) is 6.90. The van der Waals surface area contributed by atoms with Gasteiger partial charge in [-0.1, -0.05) is 6.07 Å². The number of aliphatic hydroxyl groups excluding tert-OH is 1. The second-order valence-electron chi connectivity index (χ2n) is 3.43. The minimum atomic E-state index is 0.0648. The van der Waals surface area contributed by atoms with Crippen molar-refractivity contribution in [1.29, 1.82) is 0 Å². The zero-order chi connectivity index (χ0) is 9.80. The first-order valence-electron chi connectivity index (χ1n) is 4.96. The molecule has 0 aromatic heterocycles. The van der Waals surface area contributed by atoms with E-state index in [1.165, 1.54) is 11.1 Å². The molecule has 76 valence electrons. The van der Waals surface area contributed by atoms with Gasteiger partial charge in [0.1, 0.15) is 12.4 Å². The van der Waals surface area contributed by atoms with Gasteiger partial charge in [-0.05, 0) is 36.2 Å². The molecule has 2 rings (SSSR count). The second kappa shape index (κ2) is 4.44. The molecule has 3 nitrogen and oxygen atoms in total. The van der Waals surface area contributed by atoms with E-state index in [-0.39, 0.29) is 6.61 Å². The summed E-state index contributed by atoms with van der Waals surface area (Å²) < 4.78 is 5.34. The van der Waals surface area contributed by atoms with E-state index in [1.54, 1.807) is 0 Å². The third-order valence-electron chi connectivity index (χ3n) is 2.42. The van der Waals surface area contributed by atoms with Gasteiger partial charge in [0.05, 0.1) is 6.61 Å². The average Bonchev–Trinajstić information content (AvgIpc) is 2.26. The number of aliphatic hydroxyl groups is 1. The molecular formula is C11H15NO2. The van der Waals surface area contributed by atoms with E-state index in [0.717, 1.165) is 25.3 Å². The molecular weight excluding hydrogens is 178 g/mol. The molecule has 0 bridgehead atoms. The molecule has 1 aliphatic rings. The van der Waals surface area contributed by atoms with Gasteiger partial charge in [-0.25, -0.2) is 0 Å². The highest BCUT2D eigenvalue weighted by Crippen LogP contribution is 2.20. The van der Waals surface area contributed by atoms with Crippen molar-refractivity contribution < 1.29 is 9.84 Å². The van der Waals surface area contributed by atoms with Crippen molar-refractivity contribution in [3.63, 3.8) is 0 Å². The van der Waals surface area contributed by atoms with Gasteiger partial charge in [-0.3, -0.25) is 0 Å². The van der Waals surface area contributed by atoms with Crippen molar-refractivity contribution in [1.82, 2.24) is 5.32 Å². The van der Waals surface area contributed by atoms with Gasteiger partial charge in [0, 0.05) is 6.54 Å². The molecule has 2 N–H and O–H groups in total. The molecule has 0 aliphatic carbocycles. The van der Waals surface area contributed by atoms with Crippen LogP contribution in [0.1, 0.15) is 11.1 Å². The molecule has 3 heteroatoms. The first kappa shape index (κ1) is 9.49. The van der Waals surface area contributed by atoms with Crippen LogP contribution in [-0.4, -0.2) is 24.9 Å². The molecule has 0 spiro atoms. The summed E-state index contributed by atoms with van der Waals surface area (Å²) in [5.41, 5.74) is 2.71. The molecule has 0 amide bonds. The van der Waals surface area contributed by atoms with Gasteiger partial charge in [-0.15, -0.1) is 0 Å². The van der Waals surface area contributed by atoms with Crippen LogP contribution < -0.4 is 10.1 Å². The van der Waals surface area contributed by atoms with Crippen molar-refractivity contribution in [2.75, 3.05) is 19.8 Å². The summed E-state index contributed by atoms with van der Waals surface area (Å²) in [7, 11) is 0. The fourth-order valence-corrected chi connectivity index (χ4v) is 1.71. The number of fused-ring (bicyclic) bond motifs is 1. The van der Waals surface area contributed by atoms with Gasteiger partial charge in [-0.2, -0.15) is 0 Å². The Morgan fingerprint density at radius 2 is 2.29 bits per heavy atom. The van der Waals surface area contributed by atoms with Crippen molar-refractivity contribution >= 4 is 0 Å². The van der Waals surface area contributed by atoms with Crippen LogP contribution in [0.4, 0.5) is 0 Å². The maximum absolute atomic E-state index is 8.63. The summed E-state index contributed by atoms with van der Waals surface area (Å²) in [5, 5.41) is 11.9. The molecule has 1 aromatic rings. The molecule has 1 aromatic carbocycles. The maximum atomic E-state index is 8.63. The SMILES string of the molecule is OCCOc1ccc2c(c1)CNCC2. The standard InChI is InChI=1S/C11H15NO2/c13-5-6-14-11-2-1-9-3-4-12-8-10(9)7-11/h1-2,7,12-13H,3-6,8H2. The van der Waals surface area contributed by atoms with Gasteiger partial charge < -0.3 is 15.2 Å². The molecule has 1 aliphatic heterocycles. The Balaban J connectivity index is 2.12. The van der Waals surface area contributed by atoms with Crippen LogP contribution in [-0.2, 0) is 13.0 Å². The van der Waals surface area contributed by atoms with E-state index in [0.29, 0.717) is 6.61 Å². The highest BCUT2D eigenvalue weighted by atomic mass is 16.5. The molecule has 0 saturated heterocycles.